The standard InChI is InChI=1S/C23H16N2O4/c26-15-11-9-14(10-12-15)25-13-18-21(27)17-6-2-4-8-20(17)29-22(18)24-19-7-3-1-5-16(19)23(25)28/h1-13,22,24,26H/b18-13-. The second kappa shape index (κ2) is 6.53. The number of carbonyl (C=O) groups excluding carboxylic acids is 2. The van der Waals surface area contributed by atoms with E-state index < -0.39 is 6.23 Å². The SMILES string of the molecule is O=C1/C2=C/N(c3ccc(O)cc3)C(=O)c3ccccc3NC2Oc2ccccc21. The van der Waals surface area contributed by atoms with Crippen LogP contribution in [0.1, 0.15) is 20.7 Å². The number of Topliss-reactive ketones (excluding diaryl/α,β-unsaturated/α-hetero) is 1. The van der Waals surface area contributed by atoms with Crippen molar-refractivity contribution in [3.63, 3.8) is 0 Å². The molecule has 3 aromatic carbocycles. The van der Waals surface area contributed by atoms with Gasteiger partial charge in [0.05, 0.1) is 16.7 Å². The maximum Gasteiger partial charge on any atom is 0.264 e. The maximum absolute atomic E-state index is 13.3. The number of para-hydroxylation sites is 2. The van der Waals surface area contributed by atoms with Crippen molar-refractivity contribution in [2.75, 3.05) is 10.2 Å². The molecule has 1 unspecified atom stereocenters. The normalized spacial score (nSPS) is 19.4. The molecular formula is C23H16N2O4. The highest BCUT2D eigenvalue weighted by Crippen LogP contribution is 2.35. The summed E-state index contributed by atoms with van der Waals surface area (Å²) in [6.07, 6.45) is 0.770. The molecule has 2 aliphatic heterocycles. The van der Waals surface area contributed by atoms with E-state index in [9.17, 15) is 14.7 Å². The monoisotopic (exact) mass is 384 g/mol. The Labute approximate surface area is 166 Å². The van der Waals surface area contributed by atoms with Crippen LogP contribution >= 0.6 is 0 Å². The number of nitrogens with zero attached hydrogens (tertiary/aromatic N) is 1. The lowest BCUT2D eigenvalue weighted by molar-refractivity contribution is 0.0969. The van der Waals surface area contributed by atoms with Gasteiger partial charge in [-0.05, 0) is 48.5 Å². The van der Waals surface area contributed by atoms with Crippen LogP contribution in [0.15, 0.2) is 84.6 Å². The average molecular weight is 384 g/mol. The molecule has 1 atom stereocenters. The Bertz CT molecular complexity index is 1170. The number of hydrogen-bond donors (Lipinski definition) is 2. The third-order valence-electron chi connectivity index (χ3n) is 4.98. The molecule has 0 aromatic heterocycles. The highest BCUT2D eigenvalue weighted by Gasteiger charge is 2.35. The van der Waals surface area contributed by atoms with Gasteiger partial charge in [-0.2, -0.15) is 0 Å². The number of anilines is 2. The van der Waals surface area contributed by atoms with Gasteiger partial charge in [0.15, 0.2) is 5.78 Å². The molecule has 0 fully saturated rings. The van der Waals surface area contributed by atoms with E-state index in [1.54, 1.807) is 48.5 Å². The number of phenols is 1. The van der Waals surface area contributed by atoms with E-state index in [0.29, 0.717) is 33.8 Å². The zero-order valence-corrected chi connectivity index (χ0v) is 15.2. The number of phenolic OH excluding ortho intramolecular Hbond substituents is 1. The predicted molar refractivity (Wildman–Crippen MR) is 108 cm³/mol. The third-order valence-corrected chi connectivity index (χ3v) is 4.98. The summed E-state index contributed by atoms with van der Waals surface area (Å²) in [5, 5.41) is 12.8. The molecule has 2 N–H and O–H groups in total. The quantitative estimate of drug-likeness (QED) is 0.664. The van der Waals surface area contributed by atoms with Crippen LogP contribution in [-0.4, -0.2) is 23.0 Å². The van der Waals surface area contributed by atoms with Gasteiger partial charge >= 0.3 is 0 Å². The lowest BCUT2D eigenvalue weighted by atomic mass is 9.97. The molecule has 29 heavy (non-hydrogen) atoms. The van der Waals surface area contributed by atoms with Crippen molar-refractivity contribution in [1.29, 1.82) is 0 Å². The van der Waals surface area contributed by atoms with Crippen molar-refractivity contribution in [3.05, 3.63) is 95.7 Å². The largest absolute Gasteiger partial charge is 0.508 e. The highest BCUT2D eigenvalue weighted by atomic mass is 16.5. The summed E-state index contributed by atoms with van der Waals surface area (Å²) in [5.74, 6) is 0.0799. The van der Waals surface area contributed by atoms with Crippen LogP contribution < -0.4 is 15.0 Å². The van der Waals surface area contributed by atoms with Gasteiger partial charge in [0.1, 0.15) is 11.5 Å². The number of ketones is 1. The van der Waals surface area contributed by atoms with Crippen LogP contribution in [-0.2, 0) is 0 Å². The van der Waals surface area contributed by atoms with Crippen molar-refractivity contribution in [3.8, 4) is 11.5 Å². The summed E-state index contributed by atoms with van der Waals surface area (Å²) in [4.78, 5) is 27.9. The molecule has 2 aliphatic rings. The smallest absolute Gasteiger partial charge is 0.264 e. The number of nitrogens with one attached hydrogen (secondary N) is 1. The van der Waals surface area contributed by atoms with E-state index >= 15 is 0 Å². The van der Waals surface area contributed by atoms with Gasteiger partial charge in [-0.15, -0.1) is 0 Å². The number of hydrogen-bond acceptors (Lipinski definition) is 5. The summed E-state index contributed by atoms with van der Waals surface area (Å²) in [6, 6.07) is 20.4. The van der Waals surface area contributed by atoms with Crippen molar-refractivity contribution in [2.24, 2.45) is 0 Å². The number of ether oxygens (including phenoxy) is 1. The van der Waals surface area contributed by atoms with Gasteiger partial charge in [0.2, 0.25) is 6.23 Å². The Morgan fingerprint density at radius 1 is 0.862 bits per heavy atom. The molecule has 2 heterocycles. The molecule has 0 saturated carbocycles. The Hall–Kier alpha value is -4.06. The number of aromatic hydroxyl groups is 1. The molecule has 0 bridgehead atoms. The first kappa shape index (κ1) is 17.1. The second-order valence-corrected chi connectivity index (χ2v) is 6.79. The zero-order chi connectivity index (χ0) is 20.0. The van der Waals surface area contributed by atoms with Crippen LogP contribution in [0.2, 0.25) is 0 Å². The Kier molecular flexibility index (Phi) is 3.84. The van der Waals surface area contributed by atoms with Crippen molar-refractivity contribution < 1.29 is 19.4 Å². The van der Waals surface area contributed by atoms with Gasteiger partial charge in [-0.3, -0.25) is 14.5 Å². The fraction of sp³-hybridized carbons (Fsp3) is 0.0435. The molecular weight excluding hydrogens is 368 g/mol. The van der Waals surface area contributed by atoms with E-state index in [0.717, 1.165) is 0 Å². The molecule has 142 valence electrons. The van der Waals surface area contributed by atoms with Gasteiger partial charge in [-0.1, -0.05) is 24.3 Å². The second-order valence-electron chi connectivity index (χ2n) is 6.79. The van der Waals surface area contributed by atoms with Gasteiger partial charge in [-0.25, -0.2) is 0 Å². The molecule has 6 nitrogen and oxygen atoms in total. The van der Waals surface area contributed by atoms with Crippen LogP contribution in [0.3, 0.4) is 0 Å². The number of rotatable bonds is 1. The number of carbonyl (C=O) groups is 2. The maximum atomic E-state index is 13.3. The summed E-state index contributed by atoms with van der Waals surface area (Å²) >= 11 is 0. The molecule has 1 amide bonds. The number of amides is 1. The fourth-order valence-electron chi connectivity index (χ4n) is 3.52. The minimum atomic E-state index is -0.744. The Balaban J connectivity index is 1.71. The van der Waals surface area contributed by atoms with Crippen LogP contribution in [0.5, 0.6) is 11.5 Å². The first-order chi connectivity index (χ1) is 14.1. The molecule has 0 spiro atoms. The molecule has 3 aromatic rings. The van der Waals surface area contributed by atoms with Crippen LogP contribution in [0.25, 0.3) is 0 Å². The Morgan fingerprint density at radius 2 is 1.55 bits per heavy atom. The van der Waals surface area contributed by atoms with Gasteiger partial charge < -0.3 is 15.2 Å². The minimum Gasteiger partial charge on any atom is -0.508 e. The molecule has 5 rings (SSSR count). The predicted octanol–water partition coefficient (Wildman–Crippen LogP) is 3.95. The molecule has 0 radical (unpaired) electrons. The summed E-state index contributed by atoms with van der Waals surface area (Å²) in [5.41, 5.74) is 2.32. The average Bonchev–Trinajstić information content (AvgIpc) is 2.74. The minimum absolute atomic E-state index is 0.0897. The van der Waals surface area contributed by atoms with Gasteiger partial charge in [0.25, 0.3) is 5.91 Å². The number of fused-ring (bicyclic) bond motifs is 3. The van der Waals surface area contributed by atoms with Crippen molar-refractivity contribution in [1.82, 2.24) is 0 Å². The summed E-state index contributed by atoms with van der Waals surface area (Å²) in [6.45, 7) is 0. The van der Waals surface area contributed by atoms with E-state index in [1.807, 2.05) is 12.1 Å². The van der Waals surface area contributed by atoms with Crippen molar-refractivity contribution in [2.45, 2.75) is 6.23 Å². The molecule has 0 aliphatic carbocycles. The molecule has 0 saturated heterocycles. The van der Waals surface area contributed by atoms with E-state index in [4.69, 9.17) is 4.74 Å². The fourth-order valence-corrected chi connectivity index (χ4v) is 3.52. The zero-order valence-electron chi connectivity index (χ0n) is 15.2. The highest BCUT2D eigenvalue weighted by molar-refractivity contribution is 6.16. The topological polar surface area (TPSA) is 78.9 Å². The molecule has 6 heteroatoms. The summed E-state index contributed by atoms with van der Waals surface area (Å²) < 4.78 is 6.06. The third kappa shape index (κ3) is 2.82. The van der Waals surface area contributed by atoms with E-state index in [1.165, 1.54) is 23.2 Å². The Morgan fingerprint density at radius 3 is 2.34 bits per heavy atom. The first-order valence-corrected chi connectivity index (χ1v) is 9.12. The van der Waals surface area contributed by atoms with E-state index in [-0.39, 0.29) is 17.4 Å². The summed E-state index contributed by atoms with van der Waals surface area (Å²) in [7, 11) is 0. The first-order valence-electron chi connectivity index (χ1n) is 9.12. The van der Waals surface area contributed by atoms with Crippen LogP contribution in [0.4, 0.5) is 11.4 Å². The van der Waals surface area contributed by atoms with Gasteiger partial charge in [0, 0.05) is 17.6 Å². The lowest BCUT2D eigenvalue weighted by Crippen LogP contribution is -2.41. The van der Waals surface area contributed by atoms with Crippen LogP contribution in [0, 0.1) is 0 Å². The van der Waals surface area contributed by atoms with E-state index in [2.05, 4.69) is 5.32 Å². The number of benzene rings is 3. The van der Waals surface area contributed by atoms with Crippen molar-refractivity contribution >= 4 is 23.1 Å². The lowest BCUT2D eigenvalue weighted by Gasteiger charge is -2.33.